The van der Waals surface area contributed by atoms with E-state index in [4.69, 9.17) is 19.5 Å². The number of ether oxygens (including phenoxy) is 2. The van der Waals surface area contributed by atoms with E-state index in [-0.39, 0.29) is 24.0 Å². The molecule has 0 bridgehead atoms. The van der Waals surface area contributed by atoms with Crippen LogP contribution in [0.25, 0.3) is 11.2 Å². The smallest absolute Gasteiger partial charge is 0.459 e. The highest BCUT2D eigenvalue weighted by Crippen LogP contribution is 2.49. The van der Waals surface area contributed by atoms with E-state index >= 15 is 4.39 Å². The molecule has 3 aromatic rings. The Kier molecular flexibility index (Phi) is 7.88. The highest BCUT2D eigenvalue weighted by atomic mass is 31.2. The van der Waals surface area contributed by atoms with Gasteiger partial charge in [-0.05, 0) is 19.1 Å². The first-order valence-electron chi connectivity index (χ1n) is 11.8. The van der Waals surface area contributed by atoms with Crippen molar-refractivity contribution < 1.29 is 32.3 Å². The van der Waals surface area contributed by atoms with Crippen LogP contribution in [0.1, 0.15) is 26.5 Å². The van der Waals surface area contributed by atoms with Crippen LogP contribution in [0.15, 0.2) is 36.7 Å². The Bertz CT molecular complexity index is 1340. The first-order valence-corrected chi connectivity index (χ1v) is 13.4. The highest BCUT2D eigenvalue weighted by molar-refractivity contribution is 7.52. The van der Waals surface area contributed by atoms with Gasteiger partial charge >= 0.3 is 13.7 Å². The van der Waals surface area contributed by atoms with Gasteiger partial charge in [-0.15, -0.1) is 0 Å². The number of nitrogens with zero attached hydrogens (tertiary/aromatic N) is 5. The van der Waals surface area contributed by atoms with E-state index in [0.29, 0.717) is 17.0 Å². The van der Waals surface area contributed by atoms with Crippen LogP contribution in [0.4, 0.5) is 16.2 Å². The summed E-state index contributed by atoms with van der Waals surface area (Å²) in [5.41, 5.74) is 6.76. The molecule has 0 unspecified atom stereocenters. The van der Waals surface area contributed by atoms with Crippen molar-refractivity contribution in [3.05, 3.63) is 36.7 Å². The second-order valence-electron chi connectivity index (χ2n) is 9.25. The number of aromatic nitrogens is 4. The van der Waals surface area contributed by atoms with Crippen LogP contribution in [0.3, 0.4) is 0 Å². The highest BCUT2D eigenvalue weighted by Gasteiger charge is 2.49. The van der Waals surface area contributed by atoms with Crippen LogP contribution in [0, 0.1) is 5.92 Å². The topological polar surface area (TPSA) is 156 Å². The van der Waals surface area contributed by atoms with Gasteiger partial charge in [-0.25, -0.2) is 13.9 Å². The molecule has 15 heteroatoms. The lowest BCUT2D eigenvalue weighted by molar-refractivity contribution is -0.173. The van der Waals surface area contributed by atoms with Crippen molar-refractivity contribution in [2.75, 3.05) is 38.4 Å². The Labute approximate surface area is 219 Å². The van der Waals surface area contributed by atoms with E-state index in [1.807, 2.05) is 0 Å². The number of nitrogens with one attached hydrogen (secondary N) is 1. The maximum atomic E-state index is 16.0. The lowest BCUT2D eigenvalue weighted by Crippen LogP contribution is -2.36. The number of alkyl halides is 1. The summed E-state index contributed by atoms with van der Waals surface area (Å²) < 4.78 is 52.7. The molecule has 4 rings (SSSR count). The third kappa shape index (κ3) is 5.88. The molecule has 1 aliphatic rings. The van der Waals surface area contributed by atoms with E-state index in [1.54, 1.807) is 60.8 Å². The monoisotopic (exact) mass is 551 g/mol. The summed E-state index contributed by atoms with van der Waals surface area (Å²) >= 11 is 0. The third-order valence-electron chi connectivity index (χ3n) is 5.89. The van der Waals surface area contributed by atoms with E-state index in [0.717, 1.165) is 0 Å². The molecule has 3 N–H and O–H groups in total. The summed E-state index contributed by atoms with van der Waals surface area (Å²) in [7, 11) is 0.525. The number of anilines is 2. The van der Waals surface area contributed by atoms with Gasteiger partial charge in [0.1, 0.15) is 24.6 Å². The van der Waals surface area contributed by atoms with Crippen molar-refractivity contribution in [2.24, 2.45) is 5.92 Å². The quantitative estimate of drug-likeness (QED) is 0.281. The number of para-hydroxylation sites is 1. The number of nitrogen functional groups attached to an aromatic ring is 1. The van der Waals surface area contributed by atoms with Gasteiger partial charge in [-0.2, -0.15) is 15.1 Å². The molecule has 206 valence electrons. The van der Waals surface area contributed by atoms with Crippen molar-refractivity contribution in [3.8, 4) is 5.75 Å². The molecule has 3 heterocycles. The Morgan fingerprint density at radius 3 is 2.74 bits per heavy atom. The fourth-order valence-corrected chi connectivity index (χ4v) is 5.68. The zero-order valence-corrected chi connectivity index (χ0v) is 22.6. The first-order chi connectivity index (χ1) is 17.9. The molecule has 0 aliphatic carbocycles. The molecule has 5 atom stereocenters. The molecular weight excluding hydrogens is 520 g/mol. The Hall–Kier alpha value is -3.32. The minimum absolute atomic E-state index is 0.0354. The third-order valence-corrected chi connectivity index (χ3v) is 7.51. The number of rotatable bonds is 10. The van der Waals surface area contributed by atoms with Gasteiger partial charge in [0.05, 0.1) is 13.4 Å². The zero-order chi connectivity index (χ0) is 27.7. The molecule has 13 nitrogen and oxygen atoms in total. The maximum absolute atomic E-state index is 16.0. The summed E-state index contributed by atoms with van der Waals surface area (Å²) in [6.07, 6.45) is 0.591. The molecule has 38 heavy (non-hydrogen) atoms. The van der Waals surface area contributed by atoms with E-state index in [9.17, 15) is 9.36 Å². The average Bonchev–Trinajstić information content (AvgIpc) is 3.42. The number of benzene rings is 1. The maximum Gasteiger partial charge on any atom is 0.459 e. The van der Waals surface area contributed by atoms with Gasteiger partial charge in [0.25, 0.3) is 0 Å². The Morgan fingerprint density at radius 1 is 1.37 bits per heavy atom. The number of fused-ring (bicyclic) bond motifs is 1. The number of methoxy groups -OCH3 is 1. The molecule has 1 aromatic carbocycles. The molecule has 1 aliphatic heterocycles. The predicted octanol–water partition coefficient (Wildman–Crippen LogP) is 3.05. The molecule has 0 amide bonds. The summed E-state index contributed by atoms with van der Waals surface area (Å²) in [6, 6.07) is 7.12. The lowest BCUT2D eigenvalue weighted by Gasteiger charge is -2.26. The summed E-state index contributed by atoms with van der Waals surface area (Å²) in [5, 5.41) is 2.49. The predicted molar refractivity (Wildman–Crippen MR) is 137 cm³/mol. The first kappa shape index (κ1) is 27.7. The van der Waals surface area contributed by atoms with Gasteiger partial charge in [-0.1, -0.05) is 25.1 Å². The average molecular weight is 552 g/mol. The van der Waals surface area contributed by atoms with Gasteiger partial charge in [0.15, 0.2) is 17.0 Å². The minimum atomic E-state index is -4.25. The van der Waals surface area contributed by atoms with E-state index in [1.165, 1.54) is 20.4 Å². The number of hydrogen-bond donors (Lipinski definition) is 2. The van der Waals surface area contributed by atoms with Gasteiger partial charge in [0.2, 0.25) is 11.8 Å². The van der Waals surface area contributed by atoms with E-state index < -0.39 is 38.4 Å². The number of carbonyl (C=O) groups excluding carboxylic acids is 1. The summed E-state index contributed by atoms with van der Waals surface area (Å²) in [4.78, 5) is 26.6. The van der Waals surface area contributed by atoms with Crippen LogP contribution < -0.4 is 20.2 Å². The fraction of sp³-hybridized carbons (Fsp3) is 0.478. The van der Waals surface area contributed by atoms with Crippen molar-refractivity contribution in [3.63, 3.8) is 0 Å². The SMILES string of the molecule is COC(=O)[C@H](C)N[P@](=O)(OC[C@]1(F)C[C@H](C)[C@H](n2cnc3c(N(C)C)nc(N)nc32)O1)Oc1ccccc1. The van der Waals surface area contributed by atoms with Gasteiger partial charge in [0, 0.05) is 26.4 Å². The number of esters is 1. The molecule has 0 saturated carbocycles. The van der Waals surface area contributed by atoms with Crippen LogP contribution in [0.2, 0.25) is 0 Å². The number of nitrogens with two attached hydrogens (primary N) is 1. The molecule has 1 fully saturated rings. The summed E-state index contributed by atoms with van der Waals surface area (Å²) in [6.45, 7) is 2.48. The second kappa shape index (κ2) is 10.8. The number of halogens is 1. The number of carbonyl (C=O) groups is 1. The normalized spacial score (nSPS) is 23.6. The van der Waals surface area contributed by atoms with Crippen molar-refractivity contribution in [1.29, 1.82) is 0 Å². The van der Waals surface area contributed by atoms with Crippen molar-refractivity contribution >= 4 is 36.6 Å². The van der Waals surface area contributed by atoms with Crippen LogP contribution >= 0.6 is 7.75 Å². The van der Waals surface area contributed by atoms with Crippen LogP contribution in [-0.2, 0) is 23.4 Å². The van der Waals surface area contributed by atoms with Crippen molar-refractivity contribution in [2.45, 2.75) is 38.4 Å². The van der Waals surface area contributed by atoms with Crippen LogP contribution in [-0.4, -0.2) is 65.2 Å². The van der Waals surface area contributed by atoms with Crippen molar-refractivity contribution in [1.82, 2.24) is 24.6 Å². The largest absolute Gasteiger partial charge is 0.468 e. The molecule has 1 saturated heterocycles. The number of hydrogen-bond acceptors (Lipinski definition) is 11. The molecule has 2 aromatic heterocycles. The Balaban J connectivity index is 1.55. The Morgan fingerprint density at radius 2 is 2.08 bits per heavy atom. The second-order valence-corrected chi connectivity index (χ2v) is 10.9. The summed E-state index contributed by atoms with van der Waals surface area (Å²) in [5.74, 6) is -2.64. The minimum Gasteiger partial charge on any atom is -0.468 e. The fourth-order valence-electron chi connectivity index (χ4n) is 4.16. The standard InChI is InChI=1S/C23H31FN7O6P/c1-14-11-23(24,36-20(14)31-13-26-17-18(30(3)4)27-22(25)28-19(17)31)12-35-38(33,29-15(2)21(32)34-5)37-16-9-7-6-8-10-16/h6-10,13-15,20H,11-12H2,1-5H3,(H,29,33)(H2,25,27,28)/t14-,15-,20+,23-,38-/m0/s1. The number of imidazole rings is 1. The van der Waals surface area contributed by atoms with Crippen LogP contribution in [0.5, 0.6) is 5.75 Å². The van der Waals surface area contributed by atoms with Gasteiger partial charge < -0.3 is 24.6 Å². The molecule has 0 radical (unpaired) electrons. The van der Waals surface area contributed by atoms with E-state index in [2.05, 4.69) is 24.8 Å². The lowest BCUT2D eigenvalue weighted by atomic mass is 10.1. The molecule has 0 spiro atoms. The van der Waals surface area contributed by atoms with Gasteiger partial charge in [-0.3, -0.25) is 13.9 Å². The molecular formula is C23H31FN7O6P. The zero-order valence-electron chi connectivity index (χ0n) is 21.7.